The fourth-order valence-corrected chi connectivity index (χ4v) is 1.34. The zero-order valence-corrected chi connectivity index (χ0v) is 6.41. The summed E-state index contributed by atoms with van der Waals surface area (Å²) in [4.78, 5) is 11.0. The Hall–Kier alpha value is -1.06. The molecule has 1 rings (SSSR count). The van der Waals surface area contributed by atoms with Gasteiger partial charge in [0.1, 0.15) is 0 Å². The Bertz CT molecular complexity index is 188. The first-order chi connectivity index (χ1) is 5.29. The highest BCUT2D eigenvalue weighted by Gasteiger charge is 2.30. The Labute approximate surface area is 64.8 Å². The first-order valence-corrected chi connectivity index (χ1v) is 3.58. The van der Waals surface area contributed by atoms with E-state index in [1.165, 1.54) is 7.11 Å². The molecule has 62 valence electrons. The third-order valence-electron chi connectivity index (χ3n) is 1.94. The van der Waals surface area contributed by atoms with Crippen molar-refractivity contribution in [1.29, 1.82) is 0 Å². The zero-order valence-electron chi connectivity index (χ0n) is 6.41. The quantitative estimate of drug-likeness (QED) is 0.348. The third kappa shape index (κ3) is 1.50. The number of rotatable bonds is 1. The van der Waals surface area contributed by atoms with Gasteiger partial charge in [-0.1, -0.05) is 5.16 Å². The highest BCUT2D eigenvalue weighted by Crippen LogP contribution is 2.23. The summed E-state index contributed by atoms with van der Waals surface area (Å²) in [5.74, 6) is -0.597. The van der Waals surface area contributed by atoms with E-state index in [0.717, 1.165) is 12.8 Å². The minimum absolute atomic E-state index is 0.296. The van der Waals surface area contributed by atoms with Crippen molar-refractivity contribution in [2.24, 2.45) is 11.1 Å². The largest absolute Gasteiger partial charge is 0.469 e. The van der Waals surface area contributed by atoms with Crippen LogP contribution in [0, 0.1) is 5.92 Å². The lowest BCUT2D eigenvalue weighted by Gasteiger charge is -2.05. The van der Waals surface area contributed by atoms with Gasteiger partial charge in [-0.15, -0.1) is 0 Å². The van der Waals surface area contributed by atoms with Crippen molar-refractivity contribution in [2.75, 3.05) is 7.11 Å². The molecule has 0 saturated heterocycles. The Balaban J connectivity index is 2.64. The predicted octanol–water partition coefficient (Wildman–Crippen LogP) is 0.790. The fourth-order valence-electron chi connectivity index (χ4n) is 1.34. The van der Waals surface area contributed by atoms with E-state index < -0.39 is 0 Å². The van der Waals surface area contributed by atoms with Gasteiger partial charge in [0.2, 0.25) is 0 Å². The first kappa shape index (κ1) is 8.04. The topological polar surface area (TPSA) is 58.9 Å². The van der Waals surface area contributed by atoms with Crippen molar-refractivity contribution < 1.29 is 14.7 Å². The van der Waals surface area contributed by atoms with E-state index in [0.29, 0.717) is 12.1 Å². The second-order valence-electron chi connectivity index (χ2n) is 2.56. The summed E-state index contributed by atoms with van der Waals surface area (Å²) >= 11 is 0. The summed E-state index contributed by atoms with van der Waals surface area (Å²) in [6.45, 7) is 0. The van der Waals surface area contributed by atoms with Gasteiger partial charge >= 0.3 is 5.97 Å². The molecule has 0 heterocycles. The Morgan fingerprint density at radius 1 is 1.82 bits per heavy atom. The second-order valence-corrected chi connectivity index (χ2v) is 2.56. The maximum Gasteiger partial charge on any atom is 0.314 e. The highest BCUT2D eigenvalue weighted by atomic mass is 16.5. The minimum atomic E-state index is -0.301. The number of hydrogen-bond donors (Lipinski definition) is 1. The average Bonchev–Trinajstić information content (AvgIpc) is 2.50. The number of esters is 1. The molecule has 1 N–H and O–H groups in total. The molecule has 1 aliphatic carbocycles. The molecule has 1 atom stereocenters. The van der Waals surface area contributed by atoms with E-state index in [1.807, 2.05) is 0 Å². The van der Waals surface area contributed by atoms with Crippen LogP contribution in [0.1, 0.15) is 19.3 Å². The molecule has 0 aromatic rings. The fraction of sp³-hybridized carbons (Fsp3) is 0.714. The van der Waals surface area contributed by atoms with Gasteiger partial charge in [-0.25, -0.2) is 0 Å². The first-order valence-electron chi connectivity index (χ1n) is 3.58. The van der Waals surface area contributed by atoms with Crippen molar-refractivity contribution in [3.05, 3.63) is 0 Å². The van der Waals surface area contributed by atoms with Crippen LogP contribution < -0.4 is 0 Å². The summed E-state index contributed by atoms with van der Waals surface area (Å²) in [5.41, 5.74) is 0.553. The minimum Gasteiger partial charge on any atom is -0.469 e. The molecular formula is C7H11NO3. The van der Waals surface area contributed by atoms with Crippen molar-refractivity contribution in [3.63, 3.8) is 0 Å². The molecule has 1 unspecified atom stereocenters. The molecule has 0 spiro atoms. The van der Waals surface area contributed by atoms with Gasteiger partial charge in [-0.3, -0.25) is 4.79 Å². The Morgan fingerprint density at radius 2 is 2.55 bits per heavy atom. The van der Waals surface area contributed by atoms with E-state index in [1.54, 1.807) is 0 Å². The van der Waals surface area contributed by atoms with Crippen molar-refractivity contribution in [1.82, 2.24) is 0 Å². The molecular weight excluding hydrogens is 146 g/mol. The van der Waals surface area contributed by atoms with Crippen LogP contribution >= 0.6 is 0 Å². The maximum absolute atomic E-state index is 11.0. The van der Waals surface area contributed by atoms with Crippen LogP contribution in [-0.4, -0.2) is 24.0 Å². The molecule has 0 aliphatic heterocycles. The summed E-state index contributed by atoms with van der Waals surface area (Å²) < 4.78 is 4.54. The van der Waals surface area contributed by atoms with Crippen LogP contribution in [0.25, 0.3) is 0 Å². The van der Waals surface area contributed by atoms with Crippen LogP contribution in [0.5, 0.6) is 0 Å². The Kier molecular flexibility index (Phi) is 2.46. The standard InChI is InChI=1S/C7H11NO3/c1-11-7(9)5-3-2-4-6(5)8-10/h5,10H,2-4H2,1H3. The van der Waals surface area contributed by atoms with Gasteiger partial charge in [0.15, 0.2) is 0 Å². The normalized spacial score (nSPS) is 27.4. The van der Waals surface area contributed by atoms with Gasteiger partial charge in [-0.2, -0.15) is 0 Å². The molecule has 0 radical (unpaired) electrons. The number of ether oxygens (including phenoxy) is 1. The molecule has 0 aromatic carbocycles. The number of oxime groups is 1. The highest BCUT2D eigenvalue weighted by molar-refractivity contribution is 6.03. The van der Waals surface area contributed by atoms with E-state index in [-0.39, 0.29) is 11.9 Å². The molecule has 0 bridgehead atoms. The van der Waals surface area contributed by atoms with Crippen LogP contribution in [-0.2, 0) is 9.53 Å². The van der Waals surface area contributed by atoms with E-state index >= 15 is 0 Å². The number of carbonyl (C=O) groups is 1. The Morgan fingerprint density at radius 3 is 3.09 bits per heavy atom. The van der Waals surface area contributed by atoms with Crippen LogP contribution in [0.4, 0.5) is 0 Å². The summed E-state index contributed by atoms with van der Waals surface area (Å²) in [6, 6.07) is 0. The smallest absolute Gasteiger partial charge is 0.314 e. The van der Waals surface area contributed by atoms with Crippen molar-refractivity contribution >= 4 is 11.7 Å². The SMILES string of the molecule is COC(=O)C1CCCC1=NO. The summed E-state index contributed by atoms with van der Waals surface area (Å²) in [6.07, 6.45) is 2.35. The van der Waals surface area contributed by atoms with Gasteiger partial charge in [0.25, 0.3) is 0 Å². The lowest BCUT2D eigenvalue weighted by atomic mass is 10.1. The number of hydrogen-bond acceptors (Lipinski definition) is 4. The zero-order chi connectivity index (χ0) is 8.27. The van der Waals surface area contributed by atoms with Crippen molar-refractivity contribution in [3.8, 4) is 0 Å². The molecule has 1 fully saturated rings. The van der Waals surface area contributed by atoms with Crippen LogP contribution in [0.15, 0.2) is 5.16 Å². The van der Waals surface area contributed by atoms with E-state index in [4.69, 9.17) is 5.21 Å². The number of nitrogens with zero attached hydrogens (tertiary/aromatic N) is 1. The molecule has 1 saturated carbocycles. The van der Waals surface area contributed by atoms with Gasteiger partial charge < -0.3 is 9.94 Å². The lowest BCUT2D eigenvalue weighted by Crippen LogP contribution is -2.19. The van der Waals surface area contributed by atoms with E-state index in [2.05, 4.69) is 9.89 Å². The molecule has 1 aliphatic rings. The molecule has 0 aromatic heterocycles. The lowest BCUT2D eigenvalue weighted by molar-refractivity contribution is -0.143. The monoisotopic (exact) mass is 157 g/mol. The van der Waals surface area contributed by atoms with E-state index in [9.17, 15) is 4.79 Å². The average molecular weight is 157 g/mol. The van der Waals surface area contributed by atoms with Gasteiger partial charge in [0, 0.05) is 0 Å². The molecule has 4 nitrogen and oxygen atoms in total. The number of carbonyl (C=O) groups excluding carboxylic acids is 1. The van der Waals surface area contributed by atoms with Crippen LogP contribution in [0.2, 0.25) is 0 Å². The summed E-state index contributed by atoms with van der Waals surface area (Å²) in [5, 5.41) is 11.5. The predicted molar refractivity (Wildman–Crippen MR) is 38.6 cm³/mol. The second kappa shape index (κ2) is 3.37. The maximum atomic E-state index is 11.0. The number of methoxy groups -OCH3 is 1. The van der Waals surface area contributed by atoms with Crippen molar-refractivity contribution in [2.45, 2.75) is 19.3 Å². The van der Waals surface area contributed by atoms with Crippen LogP contribution in [0.3, 0.4) is 0 Å². The van der Waals surface area contributed by atoms with Gasteiger partial charge in [0.05, 0.1) is 18.7 Å². The summed E-state index contributed by atoms with van der Waals surface area (Å²) in [7, 11) is 1.34. The molecule has 4 heteroatoms. The third-order valence-corrected chi connectivity index (χ3v) is 1.94. The van der Waals surface area contributed by atoms with Gasteiger partial charge in [-0.05, 0) is 19.3 Å². The molecule has 11 heavy (non-hydrogen) atoms. The molecule has 0 amide bonds.